The molecule has 2 N–H and O–H groups in total. The van der Waals surface area contributed by atoms with E-state index in [2.05, 4.69) is 19.0 Å². The first-order valence-corrected chi connectivity index (χ1v) is 6.04. The Morgan fingerprint density at radius 3 is 2.65 bits per heavy atom. The zero-order chi connectivity index (χ0) is 12.3. The molecule has 1 heterocycles. The average molecular weight is 230 g/mol. The molecule has 0 spiro atoms. The Balaban J connectivity index is 2.43. The van der Waals surface area contributed by atoms with Gasteiger partial charge in [0.2, 0.25) is 5.88 Å². The Morgan fingerprint density at radius 1 is 1.29 bits per heavy atom. The van der Waals surface area contributed by atoms with Gasteiger partial charge in [0, 0.05) is 5.92 Å². The minimum absolute atomic E-state index is 0.372. The first kappa shape index (κ1) is 11.7. The van der Waals surface area contributed by atoms with Gasteiger partial charge in [0.1, 0.15) is 0 Å². The van der Waals surface area contributed by atoms with Crippen molar-refractivity contribution in [2.45, 2.75) is 32.6 Å². The van der Waals surface area contributed by atoms with Crippen LogP contribution in [0.5, 0.6) is 0 Å². The third kappa shape index (κ3) is 2.33. The molecule has 0 saturated heterocycles. The van der Waals surface area contributed by atoms with E-state index in [0.29, 0.717) is 11.8 Å². The third-order valence-corrected chi connectivity index (χ3v) is 3.00. The fourth-order valence-electron chi connectivity index (χ4n) is 2.12. The summed E-state index contributed by atoms with van der Waals surface area (Å²) in [6.07, 6.45) is 2.22. The molecule has 1 atom stereocenters. The van der Waals surface area contributed by atoms with Gasteiger partial charge in [-0.2, -0.15) is 0 Å². The van der Waals surface area contributed by atoms with Gasteiger partial charge in [-0.3, -0.25) is 0 Å². The van der Waals surface area contributed by atoms with Crippen LogP contribution in [0, 0.1) is 0 Å². The molecule has 3 nitrogen and oxygen atoms in total. The van der Waals surface area contributed by atoms with E-state index in [4.69, 9.17) is 10.3 Å². The van der Waals surface area contributed by atoms with E-state index in [1.54, 1.807) is 0 Å². The van der Waals surface area contributed by atoms with Gasteiger partial charge in [0.25, 0.3) is 0 Å². The average Bonchev–Trinajstić information content (AvgIpc) is 2.73. The van der Waals surface area contributed by atoms with Gasteiger partial charge in [-0.15, -0.1) is 0 Å². The van der Waals surface area contributed by atoms with Crippen LogP contribution in [-0.2, 0) is 0 Å². The van der Waals surface area contributed by atoms with Crippen LogP contribution in [0.4, 0.5) is 5.88 Å². The summed E-state index contributed by atoms with van der Waals surface area (Å²) in [6.45, 7) is 4.33. The van der Waals surface area contributed by atoms with Crippen molar-refractivity contribution in [2.75, 3.05) is 5.73 Å². The van der Waals surface area contributed by atoms with Gasteiger partial charge in [-0.25, -0.2) is 0 Å². The molecule has 0 saturated carbocycles. The van der Waals surface area contributed by atoms with Crippen LogP contribution in [0.3, 0.4) is 0 Å². The van der Waals surface area contributed by atoms with Crippen molar-refractivity contribution in [1.82, 2.24) is 5.16 Å². The predicted octanol–water partition coefficient (Wildman–Crippen LogP) is 3.83. The molecule has 1 aromatic heterocycles. The van der Waals surface area contributed by atoms with E-state index in [9.17, 15) is 0 Å². The fraction of sp³-hybridized carbons (Fsp3) is 0.357. The highest BCUT2D eigenvalue weighted by molar-refractivity contribution is 5.75. The van der Waals surface area contributed by atoms with Gasteiger partial charge in [-0.05, 0) is 12.0 Å². The van der Waals surface area contributed by atoms with Crippen molar-refractivity contribution in [3.8, 4) is 11.1 Å². The molecule has 0 aliphatic heterocycles. The van der Waals surface area contributed by atoms with Crippen molar-refractivity contribution in [2.24, 2.45) is 0 Å². The highest BCUT2D eigenvalue weighted by atomic mass is 16.5. The van der Waals surface area contributed by atoms with Gasteiger partial charge < -0.3 is 10.3 Å². The highest BCUT2D eigenvalue weighted by Gasteiger charge is 2.19. The second kappa shape index (κ2) is 5.04. The number of aromatic nitrogens is 1. The SMILES string of the molecule is CCCC(C)c1noc(N)c1-c1ccccc1. The molecular weight excluding hydrogens is 212 g/mol. The Morgan fingerprint density at radius 2 is 2.00 bits per heavy atom. The van der Waals surface area contributed by atoms with Crippen molar-refractivity contribution < 1.29 is 4.52 Å². The number of nitrogens with zero attached hydrogens (tertiary/aromatic N) is 1. The molecule has 1 unspecified atom stereocenters. The lowest BCUT2D eigenvalue weighted by Crippen LogP contribution is -1.96. The predicted molar refractivity (Wildman–Crippen MR) is 69.7 cm³/mol. The summed E-state index contributed by atoms with van der Waals surface area (Å²) in [6, 6.07) is 10.0. The maximum atomic E-state index is 5.88. The summed E-state index contributed by atoms with van der Waals surface area (Å²) in [4.78, 5) is 0. The Labute approximate surface area is 102 Å². The van der Waals surface area contributed by atoms with Crippen molar-refractivity contribution in [3.63, 3.8) is 0 Å². The summed E-state index contributed by atoms with van der Waals surface area (Å²) in [5, 5.41) is 4.11. The van der Waals surface area contributed by atoms with Crippen molar-refractivity contribution in [3.05, 3.63) is 36.0 Å². The summed E-state index contributed by atoms with van der Waals surface area (Å²) in [5.41, 5.74) is 8.87. The first-order valence-electron chi connectivity index (χ1n) is 6.04. The number of rotatable bonds is 4. The van der Waals surface area contributed by atoms with E-state index in [-0.39, 0.29) is 0 Å². The summed E-state index contributed by atoms with van der Waals surface area (Å²) in [7, 11) is 0. The number of hydrogen-bond donors (Lipinski definition) is 1. The largest absolute Gasteiger partial charge is 0.367 e. The quantitative estimate of drug-likeness (QED) is 0.868. The van der Waals surface area contributed by atoms with Gasteiger partial charge in [-0.1, -0.05) is 55.8 Å². The highest BCUT2D eigenvalue weighted by Crippen LogP contribution is 2.35. The van der Waals surface area contributed by atoms with E-state index < -0.39 is 0 Å². The molecule has 17 heavy (non-hydrogen) atoms. The number of benzene rings is 1. The molecule has 0 aliphatic rings. The molecule has 3 heteroatoms. The van der Waals surface area contributed by atoms with E-state index in [1.807, 2.05) is 30.3 Å². The lowest BCUT2D eigenvalue weighted by atomic mass is 9.95. The van der Waals surface area contributed by atoms with Crippen molar-refractivity contribution >= 4 is 5.88 Å². The zero-order valence-corrected chi connectivity index (χ0v) is 10.3. The topological polar surface area (TPSA) is 52.0 Å². The Hall–Kier alpha value is -1.77. The normalized spacial score (nSPS) is 12.6. The number of hydrogen-bond acceptors (Lipinski definition) is 3. The lowest BCUT2D eigenvalue weighted by molar-refractivity contribution is 0.419. The Bertz CT molecular complexity index is 476. The second-order valence-electron chi connectivity index (χ2n) is 4.36. The standard InChI is InChI=1S/C14H18N2O/c1-3-7-10(2)13-12(14(15)17-16-13)11-8-5-4-6-9-11/h4-6,8-10H,3,7,15H2,1-2H3. The van der Waals surface area contributed by atoms with E-state index >= 15 is 0 Å². The molecule has 0 fully saturated rings. The summed E-state index contributed by atoms with van der Waals surface area (Å²) >= 11 is 0. The second-order valence-corrected chi connectivity index (χ2v) is 4.36. The van der Waals surface area contributed by atoms with Crippen molar-refractivity contribution in [1.29, 1.82) is 0 Å². The summed E-state index contributed by atoms with van der Waals surface area (Å²) < 4.78 is 5.15. The van der Waals surface area contributed by atoms with Gasteiger partial charge in [0.05, 0.1) is 11.3 Å². The van der Waals surface area contributed by atoms with Crippen LogP contribution in [0.2, 0.25) is 0 Å². The van der Waals surface area contributed by atoms with E-state index in [1.165, 1.54) is 0 Å². The molecule has 2 aromatic rings. The van der Waals surface area contributed by atoms with Crippen LogP contribution >= 0.6 is 0 Å². The number of anilines is 1. The molecule has 0 radical (unpaired) electrons. The molecule has 0 bridgehead atoms. The molecule has 2 rings (SSSR count). The molecule has 0 aliphatic carbocycles. The number of nitrogens with two attached hydrogens (primary N) is 1. The zero-order valence-electron chi connectivity index (χ0n) is 10.3. The van der Waals surface area contributed by atoms with Crippen LogP contribution in [0.15, 0.2) is 34.9 Å². The van der Waals surface area contributed by atoms with Crippen LogP contribution in [0.25, 0.3) is 11.1 Å². The Kier molecular flexibility index (Phi) is 3.47. The lowest BCUT2D eigenvalue weighted by Gasteiger charge is -2.08. The smallest absolute Gasteiger partial charge is 0.230 e. The van der Waals surface area contributed by atoms with Gasteiger partial charge in [0.15, 0.2) is 0 Å². The van der Waals surface area contributed by atoms with Crippen LogP contribution < -0.4 is 5.73 Å². The maximum Gasteiger partial charge on any atom is 0.230 e. The van der Waals surface area contributed by atoms with Crippen LogP contribution in [-0.4, -0.2) is 5.16 Å². The van der Waals surface area contributed by atoms with Crippen LogP contribution in [0.1, 0.15) is 38.3 Å². The third-order valence-electron chi connectivity index (χ3n) is 3.00. The minimum Gasteiger partial charge on any atom is -0.367 e. The molecule has 0 amide bonds. The molecule has 90 valence electrons. The molecule has 1 aromatic carbocycles. The van der Waals surface area contributed by atoms with E-state index in [0.717, 1.165) is 29.7 Å². The first-order chi connectivity index (χ1) is 8.24. The molecular formula is C14H18N2O. The minimum atomic E-state index is 0.372. The monoisotopic (exact) mass is 230 g/mol. The summed E-state index contributed by atoms with van der Waals surface area (Å²) in [5.74, 6) is 0.783. The number of nitrogen functional groups attached to an aromatic ring is 1. The maximum absolute atomic E-state index is 5.88. The van der Waals surface area contributed by atoms with Gasteiger partial charge >= 0.3 is 0 Å². The fourth-order valence-corrected chi connectivity index (χ4v) is 2.12.